The summed E-state index contributed by atoms with van der Waals surface area (Å²) >= 11 is 0. The normalized spacial score (nSPS) is 11.0. The van der Waals surface area contributed by atoms with Gasteiger partial charge in [-0.1, -0.05) is 0 Å². The van der Waals surface area contributed by atoms with Gasteiger partial charge >= 0.3 is 5.97 Å². The molecule has 0 amide bonds. The number of carboxylic acid groups (broad SMARTS) is 1. The van der Waals surface area contributed by atoms with Gasteiger partial charge in [0.15, 0.2) is 0 Å². The number of rotatable bonds is 12. The summed E-state index contributed by atoms with van der Waals surface area (Å²) < 4.78 is 10.4. The lowest BCUT2D eigenvalue weighted by Gasteiger charge is -2.19. The first-order chi connectivity index (χ1) is 8.20. The molecule has 0 rings (SSSR count). The van der Waals surface area contributed by atoms with E-state index in [0.29, 0.717) is 52.6 Å². The maximum atomic E-state index is 10.6. The van der Waals surface area contributed by atoms with Crippen LogP contribution in [0, 0.1) is 0 Å². The number of nitrogens with zero attached hydrogens (tertiary/aromatic N) is 1. The third-order valence-corrected chi connectivity index (χ3v) is 1.99. The molecule has 0 saturated carbocycles. The van der Waals surface area contributed by atoms with E-state index in [1.165, 1.54) is 0 Å². The van der Waals surface area contributed by atoms with Crippen LogP contribution in [0.2, 0.25) is 0 Å². The molecule has 0 aromatic rings. The van der Waals surface area contributed by atoms with Crippen LogP contribution in [0.15, 0.2) is 0 Å². The molecule has 0 aromatic heterocycles. The fourth-order valence-electron chi connectivity index (χ4n) is 1.22. The van der Waals surface area contributed by atoms with Crippen molar-refractivity contribution in [3.63, 3.8) is 0 Å². The Hall–Kier alpha value is -0.730. The Labute approximate surface area is 102 Å². The molecule has 0 radical (unpaired) electrons. The second-order valence-electron chi connectivity index (χ2n) is 3.47. The Morgan fingerprint density at radius 3 is 1.82 bits per heavy atom. The molecule has 0 aromatic carbocycles. The quantitative estimate of drug-likeness (QED) is 0.354. The molecule has 0 aliphatic heterocycles. The molecule has 0 fully saturated rings. The van der Waals surface area contributed by atoms with Gasteiger partial charge in [-0.2, -0.15) is 0 Å². The summed E-state index contributed by atoms with van der Waals surface area (Å²) in [5.41, 5.74) is 10.6. The van der Waals surface area contributed by atoms with Crippen LogP contribution >= 0.6 is 0 Å². The Morgan fingerprint density at radius 1 is 1.00 bits per heavy atom. The molecule has 5 N–H and O–H groups in total. The first-order valence-electron chi connectivity index (χ1n) is 5.70. The van der Waals surface area contributed by atoms with Gasteiger partial charge in [0, 0.05) is 26.2 Å². The topological polar surface area (TPSA) is 111 Å². The Morgan fingerprint density at radius 2 is 1.47 bits per heavy atom. The maximum Gasteiger partial charge on any atom is 0.317 e. The summed E-state index contributed by atoms with van der Waals surface area (Å²) in [5, 5.41) is 8.73. The number of hydrogen-bond acceptors (Lipinski definition) is 6. The van der Waals surface area contributed by atoms with E-state index in [1.54, 1.807) is 4.90 Å². The monoisotopic (exact) mass is 249 g/mol. The van der Waals surface area contributed by atoms with Crippen LogP contribution in [-0.2, 0) is 14.3 Å². The van der Waals surface area contributed by atoms with Crippen LogP contribution in [0.25, 0.3) is 0 Å². The lowest BCUT2D eigenvalue weighted by atomic mass is 10.4. The van der Waals surface area contributed by atoms with Gasteiger partial charge in [-0.25, -0.2) is 0 Å². The fraction of sp³-hybridized carbons (Fsp3) is 0.900. The van der Waals surface area contributed by atoms with Crippen LogP contribution in [0.5, 0.6) is 0 Å². The molecule has 0 spiro atoms. The molecule has 7 nitrogen and oxygen atoms in total. The van der Waals surface area contributed by atoms with Crippen molar-refractivity contribution in [3.8, 4) is 0 Å². The molecule has 0 unspecified atom stereocenters. The average molecular weight is 249 g/mol. The van der Waals surface area contributed by atoms with Crippen LogP contribution in [0.1, 0.15) is 0 Å². The average Bonchev–Trinajstić information content (AvgIpc) is 2.29. The minimum Gasteiger partial charge on any atom is -0.480 e. The van der Waals surface area contributed by atoms with Crippen LogP contribution < -0.4 is 11.5 Å². The first kappa shape index (κ1) is 16.3. The van der Waals surface area contributed by atoms with Crippen molar-refractivity contribution in [1.29, 1.82) is 0 Å². The number of ether oxygens (including phenoxy) is 2. The van der Waals surface area contributed by atoms with Gasteiger partial charge in [0.25, 0.3) is 0 Å². The minimum atomic E-state index is -0.859. The van der Waals surface area contributed by atoms with E-state index in [2.05, 4.69) is 0 Å². The van der Waals surface area contributed by atoms with E-state index in [9.17, 15) is 4.79 Å². The van der Waals surface area contributed by atoms with Crippen molar-refractivity contribution in [2.45, 2.75) is 0 Å². The Kier molecular flexibility index (Phi) is 11.2. The SMILES string of the molecule is NCCOCCN(CCOCCN)CC(=O)O. The molecule has 0 aliphatic rings. The molecule has 0 bridgehead atoms. The standard InChI is InChI=1S/C10H23N3O4/c11-1-5-16-7-3-13(9-10(14)15)4-8-17-6-2-12/h1-9,11-12H2,(H,14,15). The van der Waals surface area contributed by atoms with E-state index < -0.39 is 5.97 Å². The first-order valence-corrected chi connectivity index (χ1v) is 5.70. The van der Waals surface area contributed by atoms with E-state index in [1.807, 2.05) is 0 Å². The highest BCUT2D eigenvalue weighted by Crippen LogP contribution is 1.90. The zero-order chi connectivity index (χ0) is 12.9. The number of nitrogens with two attached hydrogens (primary N) is 2. The van der Waals surface area contributed by atoms with Crippen molar-refractivity contribution in [1.82, 2.24) is 4.90 Å². The lowest BCUT2D eigenvalue weighted by molar-refractivity contribution is -0.138. The van der Waals surface area contributed by atoms with Crippen molar-refractivity contribution >= 4 is 5.97 Å². The Bertz CT molecular complexity index is 180. The molecular weight excluding hydrogens is 226 g/mol. The van der Waals surface area contributed by atoms with Crippen LogP contribution in [0.3, 0.4) is 0 Å². The van der Waals surface area contributed by atoms with E-state index in [4.69, 9.17) is 26.0 Å². The Balaban J connectivity index is 3.68. The highest BCUT2D eigenvalue weighted by molar-refractivity contribution is 5.69. The molecule has 0 heterocycles. The maximum absolute atomic E-state index is 10.6. The lowest BCUT2D eigenvalue weighted by Crippen LogP contribution is -2.36. The van der Waals surface area contributed by atoms with Crippen LogP contribution in [-0.4, -0.2) is 75.1 Å². The van der Waals surface area contributed by atoms with E-state index in [-0.39, 0.29) is 6.54 Å². The summed E-state index contributed by atoms with van der Waals surface area (Å²) in [6.07, 6.45) is 0. The third kappa shape index (κ3) is 11.5. The molecule has 102 valence electrons. The van der Waals surface area contributed by atoms with Gasteiger partial charge in [0.2, 0.25) is 0 Å². The number of carbonyl (C=O) groups is 1. The van der Waals surface area contributed by atoms with Gasteiger partial charge in [-0.3, -0.25) is 9.69 Å². The summed E-state index contributed by atoms with van der Waals surface area (Å²) in [6.45, 7) is 3.96. The highest BCUT2D eigenvalue weighted by atomic mass is 16.5. The molecular formula is C10H23N3O4. The largest absolute Gasteiger partial charge is 0.480 e. The van der Waals surface area contributed by atoms with Gasteiger partial charge < -0.3 is 26.0 Å². The van der Waals surface area contributed by atoms with Gasteiger partial charge in [-0.05, 0) is 0 Å². The highest BCUT2D eigenvalue weighted by Gasteiger charge is 2.09. The van der Waals surface area contributed by atoms with Crippen molar-refractivity contribution in [3.05, 3.63) is 0 Å². The van der Waals surface area contributed by atoms with Gasteiger partial charge in [0.1, 0.15) is 0 Å². The number of hydrogen-bond donors (Lipinski definition) is 3. The van der Waals surface area contributed by atoms with E-state index in [0.717, 1.165) is 0 Å². The second kappa shape index (κ2) is 11.7. The molecule has 0 atom stereocenters. The number of carboxylic acids is 1. The predicted octanol–water partition coefficient (Wildman–Crippen LogP) is -1.68. The van der Waals surface area contributed by atoms with Gasteiger partial charge in [0.05, 0.1) is 33.0 Å². The minimum absolute atomic E-state index is 0.0159. The zero-order valence-corrected chi connectivity index (χ0v) is 10.1. The summed E-state index contributed by atoms with van der Waals surface area (Å²) in [7, 11) is 0. The molecule has 17 heavy (non-hydrogen) atoms. The van der Waals surface area contributed by atoms with Crippen molar-refractivity contribution < 1.29 is 19.4 Å². The third-order valence-electron chi connectivity index (χ3n) is 1.99. The molecule has 0 aliphatic carbocycles. The summed E-state index contributed by atoms with van der Waals surface area (Å²) in [5.74, 6) is -0.859. The summed E-state index contributed by atoms with van der Waals surface area (Å²) in [4.78, 5) is 12.4. The molecule has 0 saturated heterocycles. The fourth-order valence-corrected chi connectivity index (χ4v) is 1.22. The number of aliphatic carboxylic acids is 1. The second-order valence-corrected chi connectivity index (χ2v) is 3.47. The zero-order valence-electron chi connectivity index (χ0n) is 10.1. The van der Waals surface area contributed by atoms with Gasteiger partial charge in [-0.15, -0.1) is 0 Å². The smallest absolute Gasteiger partial charge is 0.317 e. The van der Waals surface area contributed by atoms with Crippen LogP contribution in [0.4, 0.5) is 0 Å². The van der Waals surface area contributed by atoms with E-state index >= 15 is 0 Å². The molecule has 7 heteroatoms. The summed E-state index contributed by atoms with van der Waals surface area (Å²) in [6, 6.07) is 0. The predicted molar refractivity (Wildman–Crippen MR) is 63.8 cm³/mol. The van der Waals surface area contributed by atoms with Crippen molar-refractivity contribution in [2.24, 2.45) is 11.5 Å². The van der Waals surface area contributed by atoms with Crippen molar-refractivity contribution in [2.75, 3.05) is 59.2 Å².